The third-order valence-electron chi connectivity index (χ3n) is 2.02. The number of ketones is 1. The molecule has 0 saturated carbocycles. The van der Waals surface area contributed by atoms with Crippen molar-refractivity contribution in [2.24, 2.45) is 0 Å². The van der Waals surface area contributed by atoms with Crippen molar-refractivity contribution in [3.05, 3.63) is 0 Å². The Morgan fingerprint density at radius 1 is 1.08 bits per heavy atom. The summed E-state index contributed by atoms with van der Waals surface area (Å²) in [5.74, 6) is -0.907. The minimum Gasteiger partial charge on any atom is -0.293 e. The van der Waals surface area contributed by atoms with E-state index in [0.717, 1.165) is 19.3 Å². The van der Waals surface area contributed by atoms with E-state index in [9.17, 15) is 13.6 Å². The Labute approximate surface area is 78.5 Å². The van der Waals surface area contributed by atoms with E-state index in [-0.39, 0.29) is 6.42 Å². The molecule has 1 nitrogen and oxygen atoms in total. The first-order valence-corrected chi connectivity index (χ1v) is 4.99. The van der Waals surface area contributed by atoms with Crippen LogP contribution in [0.1, 0.15) is 51.9 Å². The predicted molar refractivity (Wildman–Crippen MR) is 49.0 cm³/mol. The van der Waals surface area contributed by atoms with Gasteiger partial charge in [0.25, 0.3) is 6.43 Å². The Hall–Kier alpha value is -0.470. The van der Waals surface area contributed by atoms with E-state index in [1.165, 1.54) is 12.8 Å². The van der Waals surface area contributed by atoms with E-state index in [1.54, 1.807) is 0 Å². The highest BCUT2D eigenvalue weighted by atomic mass is 19.3. The Kier molecular flexibility index (Phi) is 7.85. The first-order valence-electron chi connectivity index (χ1n) is 4.99. The van der Waals surface area contributed by atoms with Crippen LogP contribution < -0.4 is 0 Å². The Bertz CT molecular complexity index is 135. The van der Waals surface area contributed by atoms with Crippen molar-refractivity contribution in [3.63, 3.8) is 0 Å². The lowest BCUT2D eigenvalue weighted by Gasteiger charge is -1.99. The molecule has 0 atom stereocenters. The minimum absolute atomic E-state index is 0.0454. The number of halogens is 2. The number of Topliss-reactive ketones (excluding diaryl/α,β-unsaturated/α-hetero) is 1. The van der Waals surface area contributed by atoms with Crippen LogP contribution in [0.5, 0.6) is 0 Å². The lowest BCUT2D eigenvalue weighted by Crippen LogP contribution is -2.08. The maximum absolute atomic E-state index is 11.7. The van der Waals surface area contributed by atoms with E-state index < -0.39 is 12.2 Å². The quantitative estimate of drug-likeness (QED) is 0.537. The monoisotopic (exact) mass is 192 g/mol. The smallest absolute Gasteiger partial charge is 0.293 e. The van der Waals surface area contributed by atoms with Gasteiger partial charge in [-0.05, 0) is 6.42 Å². The van der Waals surface area contributed by atoms with Crippen LogP contribution in [0.25, 0.3) is 0 Å². The standard InChI is InChI=1S/C10H18F2O/c1-2-3-4-5-6-7-8-9(13)10(11)12/h10H,2-8H2,1H3. The highest BCUT2D eigenvalue weighted by molar-refractivity contribution is 5.81. The molecular weight excluding hydrogens is 174 g/mol. The fourth-order valence-electron chi connectivity index (χ4n) is 1.19. The van der Waals surface area contributed by atoms with E-state index >= 15 is 0 Å². The molecule has 0 N–H and O–H groups in total. The minimum atomic E-state index is -2.77. The van der Waals surface area contributed by atoms with Crippen LogP contribution >= 0.6 is 0 Å². The van der Waals surface area contributed by atoms with E-state index in [2.05, 4.69) is 6.92 Å². The van der Waals surface area contributed by atoms with Gasteiger partial charge in [0.2, 0.25) is 0 Å². The average molecular weight is 192 g/mol. The summed E-state index contributed by atoms with van der Waals surface area (Å²) in [6.07, 6.45) is 3.38. The molecule has 0 aromatic heterocycles. The van der Waals surface area contributed by atoms with Gasteiger partial charge >= 0.3 is 0 Å². The van der Waals surface area contributed by atoms with Crippen LogP contribution in [0.4, 0.5) is 8.78 Å². The molecule has 0 spiro atoms. The molecular formula is C10H18F2O. The molecule has 0 fully saturated rings. The van der Waals surface area contributed by atoms with Crippen LogP contribution in [-0.2, 0) is 4.79 Å². The number of unbranched alkanes of at least 4 members (excludes halogenated alkanes) is 5. The maximum Gasteiger partial charge on any atom is 0.295 e. The van der Waals surface area contributed by atoms with Gasteiger partial charge in [-0.1, -0.05) is 39.0 Å². The van der Waals surface area contributed by atoms with Crippen molar-refractivity contribution in [1.29, 1.82) is 0 Å². The van der Waals surface area contributed by atoms with Gasteiger partial charge < -0.3 is 0 Å². The number of rotatable bonds is 8. The number of carbonyl (C=O) groups is 1. The summed E-state index contributed by atoms with van der Waals surface area (Å²) in [6.45, 7) is 2.13. The molecule has 78 valence electrons. The normalized spacial score (nSPS) is 10.8. The van der Waals surface area contributed by atoms with Gasteiger partial charge in [-0.15, -0.1) is 0 Å². The predicted octanol–water partition coefficient (Wildman–Crippen LogP) is 3.57. The summed E-state index contributed by atoms with van der Waals surface area (Å²) in [4.78, 5) is 10.5. The lowest BCUT2D eigenvalue weighted by atomic mass is 10.1. The molecule has 0 radical (unpaired) electrons. The van der Waals surface area contributed by atoms with Crippen LogP contribution in [0.2, 0.25) is 0 Å². The molecule has 0 bridgehead atoms. The van der Waals surface area contributed by atoms with Gasteiger partial charge in [-0.2, -0.15) is 0 Å². The van der Waals surface area contributed by atoms with Crippen LogP contribution in [0.15, 0.2) is 0 Å². The fraction of sp³-hybridized carbons (Fsp3) is 0.900. The molecule has 0 aromatic rings. The van der Waals surface area contributed by atoms with Crippen molar-refractivity contribution in [2.45, 2.75) is 58.3 Å². The first-order chi connectivity index (χ1) is 6.18. The van der Waals surface area contributed by atoms with Crippen LogP contribution in [-0.4, -0.2) is 12.2 Å². The van der Waals surface area contributed by atoms with Crippen LogP contribution in [0, 0.1) is 0 Å². The van der Waals surface area contributed by atoms with Crippen molar-refractivity contribution >= 4 is 5.78 Å². The maximum atomic E-state index is 11.7. The zero-order chi connectivity index (χ0) is 10.1. The molecule has 3 heteroatoms. The molecule has 0 aromatic carbocycles. The summed E-state index contributed by atoms with van der Waals surface area (Å²) in [5.41, 5.74) is 0. The van der Waals surface area contributed by atoms with Gasteiger partial charge in [0.05, 0.1) is 0 Å². The summed E-state index contributed by atoms with van der Waals surface area (Å²) < 4.78 is 23.4. The highest BCUT2D eigenvalue weighted by Gasteiger charge is 2.13. The zero-order valence-electron chi connectivity index (χ0n) is 8.19. The molecule has 0 aliphatic rings. The molecule has 0 unspecified atom stereocenters. The van der Waals surface area contributed by atoms with Crippen molar-refractivity contribution < 1.29 is 13.6 Å². The number of hydrogen-bond donors (Lipinski definition) is 0. The summed E-state index contributed by atoms with van der Waals surface area (Å²) in [6, 6.07) is 0. The molecule has 0 aliphatic heterocycles. The van der Waals surface area contributed by atoms with Crippen molar-refractivity contribution in [1.82, 2.24) is 0 Å². The van der Waals surface area contributed by atoms with Gasteiger partial charge in [0.1, 0.15) is 0 Å². The van der Waals surface area contributed by atoms with Gasteiger partial charge in [-0.3, -0.25) is 4.79 Å². The van der Waals surface area contributed by atoms with Crippen molar-refractivity contribution in [3.8, 4) is 0 Å². The zero-order valence-corrected chi connectivity index (χ0v) is 8.19. The molecule has 0 rings (SSSR count). The van der Waals surface area contributed by atoms with Crippen molar-refractivity contribution in [2.75, 3.05) is 0 Å². The first kappa shape index (κ1) is 12.5. The molecule has 0 amide bonds. The second-order valence-electron chi connectivity index (χ2n) is 3.28. The summed E-state index contributed by atoms with van der Waals surface area (Å²) >= 11 is 0. The third-order valence-corrected chi connectivity index (χ3v) is 2.02. The molecule has 0 aliphatic carbocycles. The average Bonchev–Trinajstić information content (AvgIpc) is 2.10. The number of carbonyl (C=O) groups excluding carboxylic acids is 1. The van der Waals surface area contributed by atoms with E-state index in [0.29, 0.717) is 6.42 Å². The highest BCUT2D eigenvalue weighted by Crippen LogP contribution is 2.09. The van der Waals surface area contributed by atoms with Gasteiger partial charge in [0, 0.05) is 6.42 Å². The second kappa shape index (κ2) is 8.14. The topological polar surface area (TPSA) is 17.1 Å². The van der Waals surface area contributed by atoms with E-state index in [1.807, 2.05) is 0 Å². The third kappa shape index (κ3) is 7.88. The fourth-order valence-corrected chi connectivity index (χ4v) is 1.19. The largest absolute Gasteiger partial charge is 0.295 e. The Morgan fingerprint density at radius 2 is 1.62 bits per heavy atom. The van der Waals surface area contributed by atoms with Crippen LogP contribution in [0.3, 0.4) is 0 Å². The second-order valence-corrected chi connectivity index (χ2v) is 3.28. The Balaban J connectivity index is 3.12. The molecule has 13 heavy (non-hydrogen) atoms. The van der Waals surface area contributed by atoms with E-state index in [4.69, 9.17) is 0 Å². The van der Waals surface area contributed by atoms with Gasteiger partial charge in [-0.25, -0.2) is 8.78 Å². The molecule has 0 saturated heterocycles. The number of alkyl halides is 2. The Morgan fingerprint density at radius 3 is 2.15 bits per heavy atom. The summed E-state index contributed by atoms with van der Waals surface area (Å²) in [5, 5.41) is 0. The number of hydrogen-bond acceptors (Lipinski definition) is 1. The molecule has 0 heterocycles. The lowest BCUT2D eigenvalue weighted by molar-refractivity contribution is -0.129. The van der Waals surface area contributed by atoms with Gasteiger partial charge in [0.15, 0.2) is 5.78 Å². The summed E-state index contributed by atoms with van der Waals surface area (Å²) in [7, 11) is 0. The SMILES string of the molecule is CCCCCCCCC(=O)C(F)F.